The summed E-state index contributed by atoms with van der Waals surface area (Å²) in [5, 5.41) is 0. The first kappa shape index (κ1) is 13.3. The van der Waals surface area contributed by atoms with Gasteiger partial charge in [-0.05, 0) is 37.1 Å². The molecule has 0 saturated carbocycles. The molecule has 1 fully saturated rings. The van der Waals surface area contributed by atoms with Gasteiger partial charge in [0.1, 0.15) is 0 Å². The van der Waals surface area contributed by atoms with Crippen LogP contribution in [0.5, 0.6) is 0 Å². The first-order chi connectivity index (χ1) is 8.34. The summed E-state index contributed by atoms with van der Waals surface area (Å²) in [6, 6.07) is 3.75. The van der Waals surface area contributed by atoms with Crippen molar-refractivity contribution in [1.29, 1.82) is 0 Å². The van der Waals surface area contributed by atoms with E-state index in [-0.39, 0.29) is 23.7 Å². The van der Waals surface area contributed by atoms with Crippen LogP contribution in [0, 0.1) is 25.7 Å². The fourth-order valence-corrected chi connectivity index (χ4v) is 2.48. The number of amides is 2. The lowest BCUT2D eigenvalue weighted by Crippen LogP contribution is -2.30. The van der Waals surface area contributed by atoms with Crippen molar-refractivity contribution in [3.8, 4) is 0 Å². The van der Waals surface area contributed by atoms with Crippen molar-refractivity contribution in [1.82, 2.24) is 0 Å². The van der Waals surface area contributed by atoms with Crippen molar-refractivity contribution in [3.63, 3.8) is 0 Å². The average molecular weight is 310 g/mol. The van der Waals surface area contributed by atoms with E-state index in [1.807, 2.05) is 39.8 Å². The summed E-state index contributed by atoms with van der Waals surface area (Å²) < 4.78 is 1.02. The molecule has 18 heavy (non-hydrogen) atoms. The quantitative estimate of drug-likeness (QED) is 0.747. The van der Waals surface area contributed by atoms with Crippen LogP contribution >= 0.6 is 15.9 Å². The highest BCUT2D eigenvalue weighted by atomic mass is 79.9. The average Bonchev–Trinajstić information content (AvgIpc) is 2.50. The highest BCUT2D eigenvalue weighted by Gasteiger charge is 2.43. The third-order valence-electron chi connectivity index (χ3n) is 3.65. The molecule has 0 aliphatic carbocycles. The van der Waals surface area contributed by atoms with E-state index in [4.69, 9.17) is 0 Å². The molecule has 96 valence electrons. The Hall–Kier alpha value is -1.16. The number of benzene rings is 1. The Bertz CT molecular complexity index is 496. The molecular weight excluding hydrogens is 294 g/mol. The van der Waals surface area contributed by atoms with Crippen LogP contribution in [0.4, 0.5) is 5.69 Å². The first-order valence-corrected chi connectivity index (χ1v) is 6.78. The van der Waals surface area contributed by atoms with Crippen LogP contribution in [0.2, 0.25) is 0 Å². The number of hydrogen-bond donors (Lipinski definition) is 0. The molecule has 2 unspecified atom stereocenters. The molecule has 2 rings (SSSR count). The fraction of sp³-hybridized carbons (Fsp3) is 0.429. The number of aryl methyl sites for hydroxylation is 2. The summed E-state index contributed by atoms with van der Waals surface area (Å²) in [6.07, 6.45) is 0. The largest absolute Gasteiger partial charge is 0.274 e. The van der Waals surface area contributed by atoms with Gasteiger partial charge in [0, 0.05) is 16.3 Å². The summed E-state index contributed by atoms with van der Waals surface area (Å²) in [4.78, 5) is 25.6. The maximum atomic E-state index is 12.1. The van der Waals surface area contributed by atoms with E-state index in [9.17, 15) is 9.59 Å². The number of nitrogens with zero attached hydrogens (tertiary/aromatic N) is 1. The number of hydrogen-bond acceptors (Lipinski definition) is 2. The third-order valence-corrected chi connectivity index (χ3v) is 4.90. The van der Waals surface area contributed by atoms with E-state index >= 15 is 0 Å². The lowest BCUT2D eigenvalue weighted by molar-refractivity contribution is -0.122. The Kier molecular flexibility index (Phi) is 3.32. The number of carbonyl (C=O) groups is 2. The van der Waals surface area contributed by atoms with Gasteiger partial charge in [0.05, 0.1) is 5.69 Å². The zero-order valence-corrected chi connectivity index (χ0v) is 12.5. The lowest BCUT2D eigenvalue weighted by atomic mass is 10.00. The summed E-state index contributed by atoms with van der Waals surface area (Å²) >= 11 is 3.49. The van der Waals surface area contributed by atoms with Gasteiger partial charge < -0.3 is 0 Å². The van der Waals surface area contributed by atoms with Crippen molar-refractivity contribution in [3.05, 3.63) is 27.7 Å². The highest BCUT2D eigenvalue weighted by Crippen LogP contribution is 2.33. The Balaban J connectivity index is 2.50. The number of carbonyl (C=O) groups excluding carboxylic acids is 2. The molecule has 1 aromatic carbocycles. The molecule has 0 radical (unpaired) electrons. The number of rotatable bonds is 1. The van der Waals surface area contributed by atoms with Crippen molar-refractivity contribution < 1.29 is 9.59 Å². The van der Waals surface area contributed by atoms with E-state index in [1.54, 1.807) is 0 Å². The topological polar surface area (TPSA) is 37.4 Å². The van der Waals surface area contributed by atoms with Crippen molar-refractivity contribution in [2.45, 2.75) is 27.7 Å². The second kappa shape index (κ2) is 4.50. The zero-order valence-electron chi connectivity index (χ0n) is 11.0. The first-order valence-electron chi connectivity index (χ1n) is 5.99. The van der Waals surface area contributed by atoms with E-state index in [0.29, 0.717) is 5.69 Å². The Morgan fingerprint density at radius 1 is 1.00 bits per heavy atom. The SMILES string of the molecule is Cc1cc(N2C(=O)C(C)C(C)C2=O)cc(C)c1Br. The molecule has 0 aromatic heterocycles. The van der Waals surface area contributed by atoms with Gasteiger partial charge in [0.2, 0.25) is 11.8 Å². The molecule has 1 aromatic rings. The van der Waals surface area contributed by atoms with Crippen molar-refractivity contribution in [2.75, 3.05) is 4.90 Å². The minimum absolute atomic E-state index is 0.103. The van der Waals surface area contributed by atoms with Crippen LogP contribution in [-0.2, 0) is 9.59 Å². The molecule has 4 heteroatoms. The standard InChI is InChI=1S/C14H16BrNO2/c1-7-5-11(6-8(2)12(7)15)16-13(17)9(3)10(4)14(16)18/h5-6,9-10H,1-4H3. The number of anilines is 1. The van der Waals surface area contributed by atoms with Gasteiger partial charge in [-0.2, -0.15) is 0 Å². The van der Waals surface area contributed by atoms with Crippen LogP contribution in [0.25, 0.3) is 0 Å². The maximum absolute atomic E-state index is 12.1. The second-order valence-electron chi connectivity index (χ2n) is 4.98. The van der Waals surface area contributed by atoms with Crippen LogP contribution in [0.3, 0.4) is 0 Å². The van der Waals surface area contributed by atoms with Crippen molar-refractivity contribution in [2.24, 2.45) is 11.8 Å². The highest BCUT2D eigenvalue weighted by molar-refractivity contribution is 9.10. The molecule has 0 bridgehead atoms. The molecule has 3 nitrogen and oxygen atoms in total. The molecule has 1 saturated heterocycles. The minimum atomic E-state index is -0.234. The van der Waals surface area contributed by atoms with Gasteiger partial charge in [-0.25, -0.2) is 0 Å². The zero-order chi connectivity index (χ0) is 13.6. The number of halogens is 1. The third kappa shape index (κ3) is 1.88. The van der Waals surface area contributed by atoms with Crippen LogP contribution in [0.1, 0.15) is 25.0 Å². The van der Waals surface area contributed by atoms with E-state index in [1.165, 1.54) is 4.90 Å². The summed E-state index contributed by atoms with van der Waals surface area (Å²) in [5.41, 5.74) is 2.73. The normalized spacial score (nSPS) is 23.9. The summed E-state index contributed by atoms with van der Waals surface area (Å²) in [7, 11) is 0. The smallest absolute Gasteiger partial charge is 0.237 e. The Labute approximate surface area is 115 Å². The predicted molar refractivity (Wildman–Crippen MR) is 74.4 cm³/mol. The Morgan fingerprint density at radius 3 is 1.78 bits per heavy atom. The predicted octanol–water partition coefficient (Wildman–Crippen LogP) is 3.21. The second-order valence-corrected chi connectivity index (χ2v) is 5.78. The molecule has 2 amide bonds. The van der Waals surface area contributed by atoms with Gasteiger partial charge in [-0.1, -0.05) is 29.8 Å². The van der Waals surface area contributed by atoms with E-state index in [2.05, 4.69) is 15.9 Å². The van der Waals surface area contributed by atoms with E-state index in [0.717, 1.165) is 15.6 Å². The van der Waals surface area contributed by atoms with Gasteiger partial charge in [0.15, 0.2) is 0 Å². The lowest BCUT2D eigenvalue weighted by Gasteiger charge is -2.17. The minimum Gasteiger partial charge on any atom is -0.274 e. The van der Waals surface area contributed by atoms with Crippen LogP contribution in [0.15, 0.2) is 16.6 Å². The maximum Gasteiger partial charge on any atom is 0.237 e. The fourth-order valence-electron chi connectivity index (χ4n) is 2.25. The van der Waals surface area contributed by atoms with Gasteiger partial charge in [-0.15, -0.1) is 0 Å². The van der Waals surface area contributed by atoms with Crippen LogP contribution < -0.4 is 4.90 Å². The monoisotopic (exact) mass is 309 g/mol. The summed E-state index contributed by atoms with van der Waals surface area (Å²) in [6.45, 7) is 7.53. The molecule has 1 heterocycles. The molecule has 1 aliphatic heterocycles. The van der Waals surface area contributed by atoms with Gasteiger partial charge in [0.25, 0.3) is 0 Å². The number of imide groups is 1. The van der Waals surface area contributed by atoms with Crippen LogP contribution in [-0.4, -0.2) is 11.8 Å². The molecular formula is C14H16BrNO2. The molecule has 0 N–H and O–H groups in total. The molecule has 0 spiro atoms. The summed E-state index contributed by atoms with van der Waals surface area (Å²) in [5.74, 6) is -0.675. The molecule has 1 aliphatic rings. The molecule has 2 atom stereocenters. The van der Waals surface area contributed by atoms with Gasteiger partial charge in [-0.3, -0.25) is 14.5 Å². The van der Waals surface area contributed by atoms with Crippen molar-refractivity contribution >= 4 is 33.4 Å². The van der Waals surface area contributed by atoms with E-state index < -0.39 is 0 Å². The van der Waals surface area contributed by atoms with Gasteiger partial charge >= 0.3 is 0 Å². The Morgan fingerprint density at radius 2 is 1.39 bits per heavy atom.